The molecule has 0 aliphatic carbocycles. The van der Waals surface area contributed by atoms with Crippen LogP contribution in [0.5, 0.6) is 0 Å². The molecule has 0 aliphatic heterocycles. The Morgan fingerprint density at radius 1 is 1.17 bits per heavy atom. The molecular formula is C12H18ClN3O7S. The number of hydrogen-bond acceptors (Lipinski definition) is 7. The second kappa shape index (κ2) is 11.6. The van der Waals surface area contributed by atoms with Crippen LogP contribution in [0.15, 0.2) is 0 Å². The number of carboxylic acid groups (broad SMARTS) is 2. The van der Waals surface area contributed by atoms with E-state index < -0.39 is 47.6 Å². The Kier molecular flexibility index (Phi) is 10.8. The van der Waals surface area contributed by atoms with Crippen molar-refractivity contribution in [2.75, 3.05) is 18.1 Å². The first-order chi connectivity index (χ1) is 11.1. The summed E-state index contributed by atoms with van der Waals surface area (Å²) in [4.78, 5) is 55.3. The smallest absolute Gasteiger partial charge is 0.322 e. The lowest BCUT2D eigenvalue weighted by molar-refractivity contribution is -0.139. The molecule has 0 aromatic carbocycles. The van der Waals surface area contributed by atoms with Gasteiger partial charge in [-0.1, -0.05) is 0 Å². The van der Waals surface area contributed by atoms with Gasteiger partial charge in [-0.15, -0.1) is 0 Å². The van der Waals surface area contributed by atoms with Gasteiger partial charge in [0.05, 0.1) is 5.75 Å². The number of carbonyl (C=O) groups is 5. The summed E-state index contributed by atoms with van der Waals surface area (Å²) in [6.07, 6.45) is -0.354. The number of halogens is 1. The highest BCUT2D eigenvalue weighted by Gasteiger charge is 2.22. The predicted molar refractivity (Wildman–Crippen MR) is 85.6 cm³/mol. The summed E-state index contributed by atoms with van der Waals surface area (Å²) < 4.78 is 0. The van der Waals surface area contributed by atoms with E-state index in [0.29, 0.717) is 0 Å². The highest BCUT2D eigenvalue weighted by molar-refractivity contribution is 8.00. The molecule has 0 bridgehead atoms. The Balaban J connectivity index is 4.57. The molecule has 136 valence electrons. The second-order valence-electron chi connectivity index (χ2n) is 4.59. The molecular weight excluding hydrogens is 366 g/mol. The van der Waals surface area contributed by atoms with Crippen molar-refractivity contribution in [1.82, 2.24) is 10.6 Å². The number of aliphatic carboxylic acids is 2. The maximum Gasteiger partial charge on any atom is 0.322 e. The summed E-state index contributed by atoms with van der Waals surface area (Å²) >= 11 is 6.15. The zero-order chi connectivity index (χ0) is 18.7. The first-order valence-electron chi connectivity index (χ1n) is 6.66. The molecule has 0 saturated heterocycles. The third-order valence-corrected chi connectivity index (χ3v) is 3.89. The van der Waals surface area contributed by atoms with Crippen molar-refractivity contribution in [2.45, 2.75) is 24.9 Å². The molecule has 10 nitrogen and oxygen atoms in total. The first kappa shape index (κ1) is 22.1. The molecule has 24 heavy (non-hydrogen) atoms. The van der Waals surface area contributed by atoms with E-state index in [1.807, 2.05) is 0 Å². The van der Waals surface area contributed by atoms with Gasteiger partial charge >= 0.3 is 11.9 Å². The fourth-order valence-corrected chi connectivity index (χ4v) is 2.38. The van der Waals surface area contributed by atoms with Crippen LogP contribution in [-0.2, 0) is 24.0 Å². The fourth-order valence-electron chi connectivity index (χ4n) is 1.40. The molecule has 12 heteroatoms. The highest BCUT2D eigenvalue weighted by atomic mass is 35.5. The quantitative estimate of drug-likeness (QED) is 0.247. The van der Waals surface area contributed by atoms with Crippen molar-refractivity contribution in [1.29, 1.82) is 0 Å². The minimum absolute atomic E-state index is 0.0133. The van der Waals surface area contributed by atoms with Crippen molar-refractivity contribution >= 4 is 52.4 Å². The molecule has 2 atom stereocenters. The molecule has 0 aromatic heterocycles. The summed E-state index contributed by atoms with van der Waals surface area (Å²) in [6.45, 7) is -0.631. The van der Waals surface area contributed by atoms with Gasteiger partial charge in [0.2, 0.25) is 17.1 Å². The van der Waals surface area contributed by atoms with Gasteiger partial charge in [-0.25, -0.2) is 0 Å². The molecule has 2 amide bonds. The molecule has 0 aromatic rings. The lowest BCUT2D eigenvalue weighted by Gasteiger charge is -2.17. The van der Waals surface area contributed by atoms with Crippen LogP contribution in [0, 0.1) is 0 Å². The zero-order valence-electron chi connectivity index (χ0n) is 12.5. The summed E-state index contributed by atoms with van der Waals surface area (Å²) in [7, 11) is 0. The van der Waals surface area contributed by atoms with Gasteiger partial charge in [0.1, 0.15) is 18.6 Å². The highest BCUT2D eigenvalue weighted by Crippen LogP contribution is 2.06. The topological polar surface area (TPSA) is 176 Å². The van der Waals surface area contributed by atoms with Gasteiger partial charge in [0.25, 0.3) is 0 Å². The molecule has 0 rings (SSSR count). The number of thioether (sulfide) groups is 1. The lowest BCUT2D eigenvalue weighted by atomic mass is 10.1. The minimum atomic E-state index is -1.26. The Hall–Kier alpha value is -1.85. The monoisotopic (exact) mass is 383 g/mol. The Morgan fingerprint density at radius 3 is 2.29 bits per heavy atom. The van der Waals surface area contributed by atoms with Crippen LogP contribution in [0.2, 0.25) is 0 Å². The number of carboxylic acids is 2. The standard InChI is InChI=1S/C12H18ClN3O7S/c13-8(17)5-24-4-7(11(21)15-3-10(19)20)16-9(18)2-1-6(14)12(22)23/h6-7H,1-5,14H2,(H,15,21)(H,16,18)(H,19,20)(H,22,23). The number of rotatable bonds is 12. The number of nitrogens with two attached hydrogens (primary N) is 1. The van der Waals surface area contributed by atoms with E-state index >= 15 is 0 Å². The molecule has 2 unspecified atom stereocenters. The molecule has 0 aliphatic rings. The molecule has 0 spiro atoms. The molecule has 0 fully saturated rings. The number of nitrogens with one attached hydrogen (secondary N) is 2. The largest absolute Gasteiger partial charge is 0.480 e. The minimum Gasteiger partial charge on any atom is -0.480 e. The number of hydrogen-bond donors (Lipinski definition) is 5. The fraction of sp³-hybridized carbons (Fsp3) is 0.583. The molecule has 0 saturated carbocycles. The van der Waals surface area contributed by atoms with Gasteiger partial charge in [-0.3, -0.25) is 24.0 Å². The van der Waals surface area contributed by atoms with Crippen molar-refractivity contribution in [2.24, 2.45) is 5.73 Å². The van der Waals surface area contributed by atoms with Crippen LogP contribution in [0.1, 0.15) is 12.8 Å². The van der Waals surface area contributed by atoms with Crippen molar-refractivity contribution in [3.05, 3.63) is 0 Å². The van der Waals surface area contributed by atoms with Crippen molar-refractivity contribution in [3.63, 3.8) is 0 Å². The van der Waals surface area contributed by atoms with Gasteiger partial charge in [0, 0.05) is 12.2 Å². The third-order valence-electron chi connectivity index (χ3n) is 2.57. The first-order valence-corrected chi connectivity index (χ1v) is 8.20. The predicted octanol–water partition coefficient (Wildman–Crippen LogP) is -1.64. The van der Waals surface area contributed by atoms with E-state index in [1.54, 1.807) is 0 Å². The van der Waals surface area contributed by atoms with Crippen LogP contribution in [0.3, 0.4) is 0 Å². The van der Waals surface area contributed by atoms with Gasteiger partial charge in [-0.2, -0.15) is 11.8 Å². The van der Waals surface area contributed by atoms with Gasteiger partial charge in [0.15, 0.2) is 0 Å². The van der Waals surface area contributed by atoms with Crippen LogP contribution < -0.4 is 16.4 Å². The van der Waals surface area contributed by atoms with E-state index in [1.165, 1.54) is 0 Å². The Labute approximate surface area is 146 Å². The van der Waals surface area contributed by atoms with Gasteiger partial charge in [-0.05, 0) is 18.0 Å². The summed E-state index contributed by atoms with van der Waals surface area (Å²) in [5.41, 5.74) is 5.27. The van der Waals surface area contributed by atoms with E-state index in [-0.39, 0.29) is 24.3 Å². The van der Waals surface area contributed by atoms with Crippen LogP contribution in [0.25, 0.3) is 0 Å². The maximum atomic E-state index is 11.9. The summed E-state index contributed by atoms with van der Waals surface area (Å²) in [6, 6.07) is -2.31. The SMILES string of the molecule is NC(CCC(=O)NC(CSCC(=O)Cl)C(=O)NCC(=O)O)C(=O)O. The van der Waals surface area contributed by atoms with E-state index in [9.17, 15) is 24.0 Å². The lowest BCUT2D eigenvalue weighted by Crippen LogP contribution is -2.49. The second-order valence-corrected chi connectivity index (χ2v) is 6.04. The summed E-state index contributed by atoms with van der Waals surface area (Å²) in [5, 5.41) is 21.0. The van der Waals surface area contributed by atoms with E-state index in [0.717, 1.165) is 11.8 Å². The van der Waals surface area contributed by atoms with E-state index in [4.69, 9.17) is 27.5 Å². The Bertz CT molecular complexity index is 503. The third kappa shape index (κ3) is 10.8. The maximum absolute atomic E-state index is 11.9. The summed E-state index contributed by atoms with van der Waals surface area (Å²) in [5.74, 6) is -3.99. The normalized spacial score (nSPS) is 12.8. The van der Waals surface area contributed by atoms with Crippen LogP contribution in [0.4, 0.5) is 0 Å². The van der Waals surface area contributed by atoms with Crippen molar-refractivity contribution < 1.29 is 34.2 Å². The average Bonchev–Trinajstić information content (AvgIpc) is 2.48. The zero-order valence-corrected chi connectivity index (χ0v) is 14.1. The van der Waals surface area contributed by atoms with Crippen LogP contribution in [-0.4, -0.2) is 69.3 Å². The average molecular weight is 384 g/mol. The van der Waals surface area contributed by atoms with Crippen LogP contribution >= 0.6 is 23.4 Å². The molecule has 0 radical (unpaired) electrons. The van der Waals surface area contributed by atoms with Crippen molar-refractivity contribution in [3.8, 4) is 0 Å². The number of amides is 2. The Morgan fingerprint density at radius 2 is 1.79 bits per heavy atom. The van der Waals surface area contributed by atoms with E-state index in [2.05, 4.69) is 10.6 Å². The number of carbonyl (C=O) groups excluding carboxylic acids is 3. The molecule has 6 N–H and O–H groups in total. The molecule has 0 heterocycles. The van der Waals surface area contributed by atoms with Gasteiger partial charge < -0.3 is 26.6 Å².